The second kappa shape index (κ2) is 15.3. The molecule has 1 atom stereocenters. The highest BCUT2D eigenvalue weighted by Crippen LogP contribution is 2.11. The molecule has 0 rings (SSSR count). The summed E-state index contributed by atoms with van der Waals surface area (Å²) in [5.74, 6) is -1.27. The molecule has 0 radical (unpaired) electrons. The fourth-order valence-electron chi connectivity index (χ4n) is 2.56. The molecule has 0 heterocycles. The molecule has 1 N–H and O–H groups in total. The summed E-state index contributed by atoms with van der Waals surface area (Å²) in [6.45, 7) is 0. The van der Waals surface area contributed by atoms with Crippen LogP contribution in [0.15, 0.2) is 12.2 Å². The van der Waals surface area contributed by atoms with E-state index in [2.05, 4.69) is 6.08 Å². The minimum Gasteiger partial charge on any atom is -0.748 e. The van der Waals surface area contributed by atoms with Crippen molar-refractivity contribution >= 4 is 16.1 Å². The van der Waals surface area contributed by atoms with Gasteiger partial charge in [-0.25, -0.2) is 8.42 Å². The number of carboxylic acids is 1. The van der Waals surface area contributed by atoms with Gasteiger partial charge >= 0.3 is 0 Å². The molecule has 0 aliphatic rings. The smallest absolute Gasteiger partial charge is 0.0945 e. The van der Waals surface area contributed by atoms with Gasteiger partial charge in [0.25, 0.3) is 0 Å². The van der Waals surface area contributed by atoms with E-state index in [0.717, 1.165) is 44.9 Å². The first-order valence-corrected chi connectivity index (χ1v) is 10.9. The number of aliphatic hydroxyl groups is 1. The zero-order valence-corrected chi connectivity index (χ0v) is 15.8. The van der Waals surface area contributed by atoms with Crippen molar-refractivity contribution in [2.24, 2.45) is 0 Å². The first-order chi connectivity index (χ1) is 11.8. The minimum atomic E-state index is -4.09. The Balaban J connectivity index is 3.37. The van der Waals surface area contributed by atoms with E-state index in [1.165, 1.54) is 0 Å². The fourth-order valence-corrected chi connectivity index (χ4v) is 3.12. The molecule has 148 valence electrons. The minimum absolute atomic E-state index is 0.148. The van der Waals surface area contributed by atoms with Crippen molar-refractivity contribution in [3.63, 3.8) is 0 Å². The van der Waals surface area contributed by atoms with E-state index in [9.17, 15) is 28.0 Å². The van der Waals surface area contributed by atoms with Gasteiger partial charge in [-0.2, -0.15) is 0 Å². The lowest BCUT2D eigenvalue weighted by atomic mass is 10.1. The third-order valence-corrected chi connectivity index (χ3v) is 4.80. The number of carbonyl (C=O) groups is 1. The Labute approximate surface area is 152 Å². The summed E-state index contributed by atoms with van der Waals surface area (Å²) in [6.07, 6.45) is 13.7. The first kappa shape index (κ1) is 24.1. The SMILES string of the molecule is O=C([O-])CCCCCCCC=CCC(O)CCCCCCS(=O)(=O)[O-]. The highest BCUT2D eigenvalue weighted by molar-refractivity contribution is 7.85. The average Bonchev–Trinajstić information content (AvgIpc) is 2.51. The molecule has 6 nitrogen and oxygen atoms in total. The Kier molecular flexibility index (Phi) is 14.8. The number of hydrogen-bond donors (Lipinski definition) is 1. The summed E-state index contributed by atoms with van der Waals surface area (Å²) in [4.78, 5) is 10.2. The monoisotopic (exact) mass is 376 g/mol. The molecular weight excluding hydrogens is 344 g/mol. The predicted molar refractivity (Wildman–Crippen MR) is 94.7 cm³/mol. The molecule has 0 aromatic heterocycles. The molecule has 0 bridgehead atoms. The van der Waals surface area contributed by atoms with Gasteiger partial charge in [0.15, 0.2) is 0 Å². The molecule has 7 heteroatoms. The summed E-state index contributed by atoms with van der Waals surface area (Å²) < 4.78 is 31.3. The van der Waals surface area contributed by atoms with E-state index < -0.39 is 16.1 Å². The van der Waals surface area contributed by atoms with E-state index in [4.69, 9.17) is 0 Å². The number of rotatable bonds is 17. The van der Waals surface area contributed by atoms with Crippen molar-refractivity contribution in [1.82, 2.24) is 0 Å². The average molecular weight is 377 g/mol. The summed E-state index contributed by atoms with van der Waals surface area (Å²) in [5, 5.41) is 20.1. The van der Waals surface area contributed by atoms with Crippen LogP contribution in [0.3, 0.4) is 0 Å². The van der Waals surface area contributed by atoms with Crippen molar-refractivity contribution in [2.45, 2.75) is 89.6 Å². The number of aliphatic carboxylic acids is 1. The van der Waals surface area contributed by atoms with E-state index in [-0.39, 0.29) is 18.3 Å². The van der Waals surface area contributed by atoms with Gasteiger partial charge in [0.2, 0.25) is 0 Å². The van der Waals surface area contributed by atoms with Crippen molar-refractivity contribution in [2.75, 3.05) is 5.75 Å². The molecule has 0 aliphatic heterocycles. The molecule has 0 amide bonds. The maximum Gasteiger partial charge on any atom is 0.0945 e. The second-order valence-electron chi connectivity index (χ2n) is 6.50. The Morgan fingerprint density at radius 1 is 0.920 bits per heavy atom. The molecule has 0 spiro atoms. The van der Waals surface area contributed by atoms with Crippen molar-refractivity contribution in [3.8, 4) is 0 Å². The van der Waals surface area contributed by atoms with Crippen LogP contribution in [0.25, 0.3) is 0 Å². The largest absolute Gasteiger partial charge is 0.748 e. The number of unbranched alkanes of at least 4 members (excludes halogenated alkanes) is 8. The van der Waals surface area contributed by atoms with Gasteiger partial charge in [-0.3, -0.25) is 0 Å². The summed E-state index contributed by atoms with van der Waals surface area (Å²) in [7, 11) is -4.09. The van der Waals surface area contributed by atoms with E-state index in [1.807, 2.05) is 6.08 Å². The van der Waals surface area contributed by atoms with E-state index in [1.54, 1.807) is 0 Å². The van der Waals surface area contributed by atoms with Crippen LogP contribution in [0, 0.1) is 0 Å². The van der Waals surface area contributed by atoms with Crippen LogP contribution < -0.4 is 5.11 Å². The number of hydrogen-bond acceptors (Lipinski definition) is 6. The molecule has 25 heavy (non-hydrogen) atoms. The summed E-state index contributed by atoms with van der Waals surface area (Å²) in [5.41, 5.74) is 0. The highest BCUT2D eigenvalue weighted by atomic mass is 32.2. The van der Waals surface area contributed by atoms with E-state index >= 15 is 0 Å². The van der Waals surface area contributed by atoms with Crippen molar-refractivity contribution in [1.29, 1.82) is 0 Å². The van der Waals surface area contributed by atoms with Gasteiger partial charge in [-0.05, 0) is 44.9 Å². The quantitative estimate of drug-likeness (QED) is 0.236. The molecule has 0 saturated carbocycles. The van der Waals surface area contributed by atoms with Crippen LogP contribution in [0.1, 0.15) is 83.5 Å². The second-order valence-corrected chi connectivity index (χ2v) is 8.03. The number of carbonyl (C=O) groups excluding carboxylic acids is 1. The van der Waals surface area contributed by atoms with Crippen LogP contribution in [-0.2, 0) is 14.9 Å². The predicted octanol–water partition coefficient (Wildman–Crippen LogP) is 2.27. The Hall–Kier alpha value is -0.920. The van der Waals surface area contributed by atoms with Crippen LogP contribution in [0.2, 0.25) is 0 Å². The van der Waals surface area contributed by atoms with Gasteiger partial charge < -0.3 is 19.6 Å². The van der Waals surface area contributed by atoms with Crippen molar-refractivity contribution < 1.29 is 28.0 Å². The van der Waals surface area contributed by atoms with Crippen LogP contribution in [0.4, 0.5) is 0 Å². The Bertz CT molecular complexity index is 458. The number of carboxylic acid groups (broad SMARTS) is 1. The molecule has 0 aromatic rings. The lowest BCUT2D eigenvalue weighted by molar-refractivity contribution is -0.305. The fraction of sp³-hybridized carbons (Fsp3) is 0.833. The van der Waals surface area contributed by atoms with Crippen LogP contribution in [-0.4, -0.2) is 35.9 Å². The summed E-state index contributed by atoms with van der Waals surface area (Å²) in [6, 6.07) is 0. The van der Waals surface area contributed by atoms with E-state index in [0.29, 0.717) is 32.1 Å². The molecule has 1 unspecified atom stereocenters. The molecule has 0 saturated heterocycles. The standard InChI is InChI=1S/C18H34O6S/c19-17(14-10-7-8-12-16-25(22,23)24)13-9-5-3-1-2-4-6-11-15-18(20)21/h5,9,17,19H,1-4,6-8,10-16H2,(H,20,21)(H,22,23,24)/p-2. The Morgan fingerprint density at radius 2 is 1.52 bits per heavy atom. The summed E-state index contributed by atoms with van der Waals surface area (Å²) >= 11 is 0. The maximum atomic E-state index is 10.4. The molecule has 0 fully saturated rings. The maximum absolute atomic E-state index is 10.4. The topological polar surface area (TPSA) is 118 Å². The van der Waals surface area contributed by atoms with Gasteiger partial charge in [0.1, 0.15) is 0 Å². The lowest BCUT2D eigenvalue weighted by Crippen LogP contribution is -2.21. The molecular formula is C18H32O6S-2. The zero-order valence-electron chi connectivity index (χ0n) is 15.0. The van der Waals surface area contributed by atoms with Crippen LogP contribution >= 0.6 is 0 Å². The number of allylic oxidation sites excluding steroid dienone is 1. The molecule has 0 aromatic carbocycles. The third kappa shape index (κ3) is 21.0. The van der Waals surface area contributed by atoms with Crippen molar-refractivity contribution in [3.05, 3.63) is 12.2 Å². The van der Waals surface area contributed by atoms with Gasteiger partial charge in [0.05, 0.1) is 16.2 Å². The molecule has 0 aliphatic carbocycles. The van der Waals surface area contributed by atoms with Gasteiger partial charge in [0, 0.05) is 11.7 Å². The first-order valence-electron chi connectivity index (χ1n) is 9.28. The Morgan fingerprint density at radius 3 is 2.20 bits per heavy atom. The zero-order chi connectivity index (χ0) is 19.0. The van der Waals surface area contributed by atoms with Crippen LogP contribution in [0.5, 0.6) is 0 Å². The third-order valence-electron chi connectivity index (χ3n) is 4.01. The lowest BCUT2D eigenvalue weighted by Gasteiger charge is -2.08. The highest BCUT2D eigenvalue weighted by Gasteiger charge is 2.02. The van der Waals surface area contributed by atoms with Gasteiger partial charge in [-0.15, -0.1) is 0 Å². The van der Waals surface area contributed by atoms with Gasteiger partial charge in [-0.1, -0.05) is 50.7 Å². The normalized spacial score (nSPS) is 13.4. The number of aliphatic hydroxyl groups excluding tert-OH is 1.